The van der Waals surface area contributed by atoms with Crippen molar-refractivity contribution >= 4 is 17.8 Å². The smallest absolute Gasteiger partial charge is 0.320 e. The first-order valence-electron chi connectivity index (χ1n) is 15.4. The number of hydrogen-bond acceptors (Lipinski definition) is 7. The Bertz CT molecular complexity index is 1450. The molecule has 44 heavy (non-hydrogen) atoms. The lowest BCUT2D eigenvalue weighted by atomic mass is 9.85. The van der Waals surface area contributed by atoms with Crippen molar-refractivity contribution in [2.45, 2.75) is 58.6 Å². The van der Waals surface area contributed by atoms with Crippen LogP contribution in [0.15, 0.2) is 59.4 Å². The number of hydrogen-bond donors (Lipinski definition) is 5. The predicted octanol–water partition coefficient (Wildman–Crippen LogP) is 4.20. The largest absolute Gasteiger partial charge is 0.484 e. The fourth-order valence-electron chi connectivity index (χ4n) is 5.74. The molecule has 1 aliphatic heterocycles. The van der Waals surface area contributed by atoms with Gasteiger partial charge in [-0.15, -0.1) is 0 Å². The van der Waals surface area contributed by atoms with Crippen LogP contribution in [0.1, 0.15) is 69.7 Å². The summed E-state index contributed by atoms with van der Waals surface area (Å²) in [4.78, 5) is 21.4. The summed E-state index contributed by atoms with van der Waals surface area (Å²) >= 11 is 0. The van der Waals surface area contributed by atoms with Crippen LogP contribution in [0.4, 0.5) is 4.79 Å². The molecular weight excluding hydrogens is 554 g/mol. The molecule has 0 bridgehead atoms. The highest BCUT2D eigenvalue weighted by Crippen LogP contribution is 2.38. The summed E-state index contributed by atoms with van der Waals surface area (Å²) in [7, 11) is 5.82. The van der Waals surface area contributed by atoms with Gasteiger partial charge >= 0.3 is 6.03 Å². The van der Waals surface area contributed by atoms with E-state index in [-0.39, 0.29) is 29.1 Å². The van der Waals surface area contributed by atoms with Gasteiger partial charge in [0.15, 0.2) is 0 Å². The van der Waals surface area contributed by atoms with Gasteiger partial charge in [-0.05, 0) is 75.0 Å². The minimum atomic E-state index is -0.348. The number of amides is 2. The third-order valence-electron chi connectivity index (χ3n) is 8.35. The highest BCUT2D eigenvalue weighted by Gasteiger charge is 2.30. The molecule has 238 valence electrons. The van der Waals surface area contributed by atoms with Crippen LogP contribution in [-0.4, -0.2) is 73.0 Å². The van der Waals surface area contributed by atoms with E-state index in [0.717, 1.165) is 43.6 Å². The van der Waals surface area contributed by atoms with Crippen molar-refractivity contribution in [2.24, 2.45) is 22.1 Å². The Hall–Kier alpha value is -4.12. The minimum absolute atomic E-state index is 0.197. The molecule has 11 nitrogen and oxygen atoms in total. The Balaban J connectivity index is 1.43. The van der Waals surface area contributed by atoms with E-state index < -0.39 is 0 Å². The van der Waals surface area contributed by atoms with Gasteiger partial charge in [0.1, 0.15) is 23.2 Å². The molecule has 11 heteroatoms. The summed E-state index contributed by atoms with van der Waals surface area (Å²) in [6.07, 6.45) is 6.65. The Morgan fingerprint density at radius 2 is 1.80 bits per heavy atom. The van der Waals surface area contributed by atoms with Crippen LogP contribution in [0.5, 0.6) is 5.75 Å². The van der Waals surface area contributed by atoms with Crippen molar-refractivity contribution < 1.29 is 9.53 Å². The molecule has 4 rings (SSSR count). The number of piperidine rings is 1. The van der Waals surface area contributed by atoms with Crippen LogP contribution in [0.3, 0.4) is 0 Å². The number of amidine groups is 1. The number of carbonyl (C=O) groups is 1. The van der Waals surface area contributed by atoms with E-state index >= 15 is 0 Å². The first-order valence-corrected chi connectivity index (χ1v) is 15.4. The SMILES string of the molecule is CN=C(C=C(N)C(C)(C)C)NC(=O)NC1CCC(Oc2ccc(=N)n(C(=N)N3CCC(CN(C)C)CC3)c2)c2ccccc21. The topological polar surface area (TPSA) is 148 Å². The van der Waals surface area contributed by atoms with Crippen LogP contribution in [0.2, 0.25) is 0 Å². The second kappa shape index (κ2) is 14.1. The standard InChI is InChI=1S/C33H49N9O2/c1-33(2,3)28(34)19-30(37-4)39-32(43)38-26-12-13-27(25-10-8-7-9-24(25)26)44-23-11-14-29(35)42(21-23)31(36)41-17-15-22(16-18-41)20-40(5)6/h7-11,14,19,21-22,26-27,35-36H,12-13,15-18,20,34H2,1-6H3,(H2,37,38,39,43). The number of rotatable bonds is 6. The molecule has 2 atom stereocenters. The van der Waals surface area contributed by atoms with E-state index in [0.29, 0.717) is 42.0 Å². The Morgan fingerprint density at radius 1 is 1.11 bits per heavy atom. The third kappa shape index (κ3) is 8.28. The molecule has 0 radical (unpaired) electrons. The number of ether oxygens (including phenoxy) is 1. The fraction of sp³-hybridized carbons (Fsp3) is 0.515. The summed E-state index contributed by atoms with van der Waals surface area (Å²) in [5.41, 5.74) is 8.82. The van der Waals surface area contributed by atoms with E-state index in [1.54, 1.807) is 36.0 Å². The average molecular weight is 604 g/mol. The molecule has 1 aromatic heterocycles. The van der Waals surface area contributed by atoms with Crippen LogP contribution in [0, 0.1) is 22.2 Å². The highest BCUT2D eigenvalue weighted by molar-refractivity contribution is 6.04. The molecule has 1 fully saturated rings. The van der Waals surface area contributed by atoms with Crippen molar-refractivity contribution in [3.8, 4) is 5.75 Å². The average Bonchev–Trinajstić information content (AvgIpc) is 2.98. The number of urea groups is 1. The number of nitrogens with zero attached hydrogens (tertiary/aromatic N) is 4. The lowest BCUT2D eigenvalue weighted by molar-refractivity contribution is 0.170. The van der Waals surface area contributed by atoms with E-state index in [4.69, 9.17) is 21.3 Å². The summed E-state index contributed by atoms with van der Waals surface area (Å²) in [6.45, 7) is 8.68. The molecule has 2 aromatic rings. The first-order chi connectivity index (χ1) is 20.8. The number of aliphatic imine (C=N–C) groups is 1. The van der Waals surface area contributed by atoms with Crippen LogP contribution < -0.4 is 26.6 Å². The zero-order chi connectivity index (χ0) is 32.0. The number of fused-ring (bicyclic) bond motifs is 1. The van der Waals surface area contributed by atoms with E-state index in [2.05, 4.69) is 34.6 Å². The van der Waals surface area contributed by atoms with Gasteiger partial charge in [0, 0.05) is 37.8 Å². The third-order valence-corrected chi connectivity index (χ3v) is 8.35. The van der Waals surface area contributed by atoms with E-state index in [1.807, 2.05) is 49.9 Å². The second-order valence-corrected chi connectivity index (χ2v) is 13.1. The molecule has 0 saturated carbocycles. The lowest BCUT2D eigenvalue weighted by Gasteiger charge is -2.35. The normalized spacial score (nSPS) is 19.8. The minimum Gasteiger partial charge on any atom is -0.484 e. The number of nitrogens with two attached hydrogens (primary N) is 1. The number of allylic oxidation sites excluding steroid dienone is 1. The quantitative estimate of drug-likeness (QED) is 0.248. The highest BCUT2D eigenvalue weighted by atomic mass is 16.5. The molecule has 2 heterocycles. The van der Waals surface area contributed by atoms with E-state index in [9.17, 15) is 4.79 Å². The van der Waals surface area contributed by atoms with E-state index in [1.165, 1.54) is 0 Å². The molecule has 2 aliphatic rings. The zero-order valence-electron chi connectivity index (χ0n) is 27.0. The molecule has 2 amide bonds. The number of nitrogens with one attached hydrogen (secondary N) is 4. The van der Waals surface area contributed by atoms with Gasteiger partial charge in [-0.25, -0.2) is 4.79 Å². The Kier molecular flexibility index (Phi) is 10.5. The van der Waals surface area contributed by atoms with Gasteiger partial charge in [0.25, 0.3) is 0 Å². The van der Waals surface area contributed by atoms with Gasteiger partial charge in [-0.3, -0.25) is 25.7 Å². The molecule has 1 aliphatic carbocycles. The van der Waals surface area contributed by atoms with Crippen molar-refractivity contribution in [1.82, 2.24) is 25.0 Å². The maximum Gasteiger partial charge on any atom is 0.320 e. The fourth-order valence-corrected chi connectivity index (χ4v) is 5.74. The second-order valence-electron chi connectivity index (χ2n) is 13.1. The van der Waals surface area contributed by atoms with Crippen molar-refractivity contribution in [1.29, 1.82) is 10.8 Å². The number of pyridine rings is 1. The summed E-state index contributed by atoms with van der Waals surface area (Å²) in [6, 6.07) is 10.9. The van der Waals surface area contributed by atoms with Crippen LogP contribution >= 0.6 is 0 Å². The van der Waals surface area contributed by atoms with Gasteiger partial charge in [0.05, 0.1) is 12.2 Å². The number of likely N-dealkylation sites (tertiary alicyclic amines) is 1. The van der Waals surface area contributed by atoms with Gasteiger partial charge in [-0.1, -0.05) is 45.0 Å². The van der Waals surface area contributed by atoms with Crippen LogP contribution in [0.25, 0.3) is 0 Å². The van der Waals surface area contributed by atoms with Crippen molar-refractivity contribution in [2.75, 3.05) is 40.8 Å². The summed E-state index contributed by atoms with van der Waals surface area (Å²) < 4.78 is 8.09. The number of aromatic nitrogens is 1. The molecule has 0 spiro atoms. The maximum atomic E-state index is 13.0. The maximum absolute atomic E-state index is 13.0. The molecule has 1 saturated heterocycles. The van der Waals surface area contributed by atoms with Crippen LogP contribution in [-0.2, 0) is 0 Å². The molecule has 6 N–H and O–H groups in total. The Labute approximate surface area is 261 Å². The summed E-state index contributed by atoms with van der Waals surface area (Å²) in [5, 5.41) is 23.3. The lowest BCUT2D eigenvalue weighted by Crippen LogP contribution is -2.45. The van der Waals surface area contributed by atoms with Gasteiger partial charge in [0.2, 0.25) is 5.96 Å². The van der Waals surface area contributed by atoms with Gasteiger partial charge < -0.3 is 25.6 Å². The predicted molar refractivity (Wildman–Crippen MR) is 175 cm³/mol. The number of benzene rings is 1. The molecular formula is C33H49N9O2. The van der Waals surface area contributed by atoms with Crippen molar-refractivity contribution in [3.63, 3.8) is 0 Å². The number of carbonyl (C=O) groups excluding carboxylic acids is 1. The molecule has 2 unspecified atom stereocenters. The first kappa shape index (κ1) is 32.8. The monoisotopic (exact) mass is 603 g/mol. The molecule has 1 aromatic carbocycles. The van der Waals surface area contributed by atoms with Crippen molar-refractivity contribution in [3.05, 3.63) is 71.0 Å². The zero-order valence-corrected chi connectivity index (χ0v) is 27.0. The summed E-state index contributed by atoms with van der Waals surface area (Å²) in [5.74, 6) is 1.93. The Morgan fingerprint density at radius 3 is 2.43 bits per heavy atom. The van der Waals surface area contributed by atoms with Gasteiger partial charge in [-0.2, -0.15) is 0 Å².